The fraction of sp³-hybridized carbons (Fsp3) is 0.0952. The molecular formula is C21H15F2N5. The molecule has 138 valence electrons. The predicted octanol–water partition coefficient (Wildman–Crippen LogP) is 3.76. The van der Waals surface area contributed by atoms with Crippen molar-refractivity contribution in [3.05, 3.63) is 77.0 Å². The van der Waals surface area contributed by atoms with Gasteiger partial charge in [-0.15, -0.1) is 0 Å². The van der Waals surface area contributed by atoms with Gasteiger partial charge in [-0.2, -0.15) is 0 Å². The number of aromatic nitrogens is 4. The number of hydrogen-bond donors (Lipinski definition) is 1. The Hall–Kier alpha value is -3.45. The van der Waals surface area contributed by atoms with Gasteiger partial charge in [0.15, 0.2) is 17.5 Å². The van der Waals surface area contributed by atoms with Crippen LogP contribution in [0.3, 0.4) is 0 Å². The first kappa shape index (κ1) is 16.7. The monoisotopic (exact) mass is 375 g/mol. The minimum absolute atomic E-state index is 0.0977. The number of fused-ring (bicyclic) bond motifs is 4. The van der Waals surface area contributed by atoms with E-state index in [-0.39, 0.29) is 6.54 Å². The van der Waals surface area contributed by atoms with Gasteiger partial charge < -0.3 is 10.3 Å². The van der Waals surface area contributed by atoms with Crippen molar-refractivity contribution in [2.75, 3.05) is 0 Å². The molecule has 0 aliphatic carbocycles. The van der Waals surface area contributed by atoms with E-state index in [2.05, 4.69) is 31.7 Å². The first-order valence-corrected chi connectivity index (χ1v) is 8.81. The van der Waals surface area contributed by atoms with Crippen molar-refractivity contribution in [3.8, 4) is 11.4 Å². The molecule has 0 bridgehead atoms. The van der Waals surface area contributed by atoms with Crippen LogP contribution in [0.2, 0.25) is 0 Å². The molecule has 5 nitrogen and oxygen atoms in total. The van der Waals surface area contributed by atoms with E-state index in [1.165, 1.54) is 5.56 Å². The predicted molar refractivity (Wildman–Crippen MR) is 103 cm³/mol. The second-order valence-electron chi connectivity index (χ2n) is 6.62. The highest BCUT2D eigenvalue weighted by Crippen LogP contribution is 2.31. The fourth-order valence-corrected chi connectivity index (χ4v) is 3.51. The molecule has 0 atom stereocenters. The smallest absolute Gasteiger partial charge is 0.161 e. The van der Waals surface area contributed by atoms with Crippen molar-refractivity contribution >= 4 is 23.1 Å². The molecule has 3 heterocycles. The molecular weight excluding hydrogens is 360 g/mol. The van der Waals surface area contributed by atoms with Gasteiger partial charge in [0.05, 0.1) is 16.9 Å². The van der Waals surface area contributed by atoms with Crippen LogP contribution in [0.25, 0.3) is 34.4 Å². The summed E-state index contributed by atoms with van der Waals surface area (Å²) >= 11 is 0. The lowest BCUT2D eigenvalue weighted by Gasteiger charge is -2.05. The van der Waals surface area contributed by atoms with Gasteiger partial charge in [0.2, 0.25) is 0 Å². The van der Waals surface area contributed by atoms with E-state index in [9.17, 15) is 8.78 Å². The van der Waals surface area contributed by atoms with Crippen LogP contribution in [-0.4, -0.2) is 19.5 Å². The highest BCUT2D eigenvalue weighted by Gasteiger charge is 2.19. The Labute approximate surface area is 159 Å². The van der Waals surface area contributed by atoms with Gasteiger partial charge >= 0.3 is 0 Å². The number of hydrogen-bond acceptors (Lipinski definition) is 4. The molecule has 0 saturated carbocycles. The summed E-state index contributed by atoms with van der Waals surface area (Å²) in [5, 5.41) is 0.413. The fourth-order valence-electron chi connectivity index (χ4n) is 3.51. The minimum Gasteiger partial charge on any atom is -0.326 e. The summed E-state index contributed by atoms with van der Waals surface area (Å²) in [6.45, 7) is 0.890. The van der Waals surface area contributed by atoms with Gasteiger partial charge in [0, 0.05) is 36.3 Å². The molecule has 2 aromatic heterocycles. The summed E-state index contributed by atoms with van der Waals surface area (Å²) in [7, 11) is 0. The highest BCUT2D eigenvalue weighted by atomic mass is 19.2. The number of nitrogens with zero attached hydrogens (tertiary/aromatic N) is 4. The lowest BCUT2D eigenvalue weighted by atomic mass is 10.1. The number of nitrogens with two attached hydrogens (primary N) is 1. The van der Waals surface area contributed by atoms with Gasteiger partial charge in [-0.1, -0.05) is 24.3 Å². The molecule has 28 heavy (non-hydrogen) atoms. The third kappa shape index (κ3) is 2.68. The largest absolute Gasteiger partial charge is 0.326 e. The maximum atomic E-state index is 13.6. The first-order valence-electron chi connectivity index (χ1n) is 8.81. The van der Waals surface area contributed by atoms with E-state index in [1.54, 1.807) is 12.2 Å². The van der Waals surface area contributed by atoms with Crippen molar-refractivity contribution in [1.82, 2.24) is 19.5 Å². The second kappa shape index (κ2) is 6.31. The van der Waals surface area contributed by atoms with Crippen LogP contribution in [0.1, 0.15) is 22.8 Å². The average molecular weight is 375 g/mol. The molecule has 2 N–H and O–H groups in total. The van der Waals surface area contributed by atoms with Gasteiger partial charge in [0.25, 0.3) is 0 Å². The van der Waals surface area contributed by atoms with Crippen molar-refractivity contribution in [3.63, 3.8) is 0 Å². The normalized spacial score (nSPS) is 12.7. The van der Waals surface area contributed by atoms with E-state index < -0.39 is 11.6 Å². The summed E-state index contributed by atoms with van der Waals surface area (Å²) in [6.07, 6.45) is 5.46. The molecule has 5 rings (SSSR count). The van der Waals surface area contributed by atoms with E-state index in [0.29, 0.717) is 22.4 Å². The van der Waals surface area contributed by atoms with Crippen molar-refractivity contribution in [2.24, 2.45) is 5.73 Å². The van der Waals surface area contributed by atoms with Crippen LogP contribution in [0.4, 0.5) is 8.78 Å². The highest BCUT2D eigenvalue weighted by molar-refractivity contribution is 5.82. The average Bonchev–Trinajstić information content (AvgIpc) is 3.24. The van der Waals surface area contributed by atoms with Gasteiger partial charge in [-0.25, -0.2) is 23.7 Å². The zero-order chi connectivity index (χ0) is 19.3. The third-order valence-electron chi connectivity index (χ3n) is 4.82. The topological polar surface area (TPSA) is 69.6 Å². The van der Waals surface area contributed by atoms with Crippen LogP contribution in [0.15, 0.2) is 42.6 Å². The maximum absolute atomic E-state index is 13.6. The first-order chi connectivity index (χ1) is 13.6. The van der Waals surface area contributed by atoms with Crippen LogP contribution in [-0.2, 0) is 13.1 Å². The Morgan fingerprint density at radius 3 is 2.71 bits per heavy atom. The second-order valence-corrected chi connectivity index (χ2v) is 6.62. The Balaban J connectivity index is 1.51. The summed E-state index contributed by atoms with van der Waals surface area (Å²) in [5.41, 5.74) is 9.66. The standard InChI is InChI=1S/C21H15F2N5/c22-16-7-15-18(8-17(16)23)26-20(27-19(15)9-24)6-5-13-11-28-10-12-3-1-2-4-14(12)21(28)25-13/h1-8,11H,9-10,24H2/b6-5+. The van der Waals surface area contributed by atoms with E-state index in [0.717, 1.165) is 35.8 Å². The molecule has 2 aromatic carbocycles. The number of imidazole rings is 1. The Kier molecular flexibility index (Phi) is 3.77. The van der Waals surface area contributed by atoms with E-state index >= 15 is 0 Å². The molecule has 0 fully saturated rings. The molecule has 7 heteroatoms. The Morgan fingerprint density at radius 2 is 1.86 bits per heavy atom. The molecule has 1 aliphatic heterocycles. The summed E-state index contributed by atoms with van der Waals surface area (Å²) < 4.78 is 29.2. The van der Waals surface area contributed by atoms with Crippen molar-refractivity contribution in [1.29, 1.82) is 0 Å². The summed E-state index contributed by atoms with van der Waals surface area (Å²) in [6, 6.07) is 10.3. The maximum Gasteiger partial charge on any atom is 0.161 e. The number of rotatable bonds is 3. The van der Waals surface area contributed by atoms with E-state index in [1.807, 2.05) is 18.3 Å². The quantitative estimate of drug-likeness (QED) is 0.521. The summed E-state index contributed by atoms with van der Waals surface area (Å²) in [4.78, 5) is 13.3. The van der Waals surface area contributed by atoms with Crippen molar-refractivity contribution < 1.29 is 8.78 Å². The molecule has 0 saturated heterocycles. The van der Waals surface area contributed by atoms with Crippen LogP contribution >= 0.6 is 0 Å². The van der Waals surface area contributed by atoms with Crippen LogP contribution in [0.5, 0.6) is 0 Å². The van der Waals surface area contributed by atoms with Crippen LogP contribution in [0, 0.1) is 11.6 Å². The molecule has 0 radical (unpaired) electrons. The molecule has 0 amide bonds. The third-order valence-corrected chi connectivity index (χ3v) is 4.82. The number of halogens is 2. The van der Waals surface area contributed by atoms with Gasteiger partial charge in [-0.3, -0.25) is 0 Å². The van der Waals surface area contributed by atoms with Crippen LogP contribution < -0.4 is 5.73 Å². The number of benzene rings is 2. The molecule has 0 unspecified atom stereocenters. The Morgan fingerprint density at radius 1 is 1.04 bits per heavy atom. The zero-order valence-corrected chi connectivity index (χ0v) is 14.7. The van der Waals surface area contributed by atoms with Crippen molar-refractivity contribution in [2.45, 2.75) is 13.1 Å². The Bertz CT molecular complexity index is 1260. The lowest BCUT2D eigenvalue weighted by molar-refractivity contribution is 0.510. The van der Waals surface area contributed by atoms with E-state index in [4.69, 9.17) is 5.73 Å². The molecule has 4 aromatic rings. The molecule has 1 aliphatic rings. The summed E-state index contributed by atoms with van der Waals surface area (Å²) in [5.74, 6) is -0.599. The zero-order valence-electron chi connectivity index (χ0n) is 14.7. The molecule has 0 spiro atoms. The minimum atomic E-state index is -0.951. The SMILES string of the molecule is NCc1nc(/C=C/c2cn3c(n2)-c2ccccc2C3)nc2cc(F)c(F)cc12. The van der Waals surface area contributed by atoms with Gasteiger partial charge in [-0.05, 0) is 23.8 Å². The lowest BCUT2D eigenvalue weighted by Crippen LogP contribution is -2.04. The van der Waals surface area contributed by atoms with Gasteiger partial charge in [0.1, 0.15) is 5.82 Å².